The number of hydrogen-bond acceptors (Lipinski definition) is 6. The molecule has 0 amide bonds. The first-order valence-electron chi connectivity index (χ1n) is 8.95. The van der Waals surface area contributed by atoms with E-state index in [4.69, 9.17) is 0 Å². The summed E-state index contributed by atoms with van der Waals surface area (Å²) in [6.07, 6.45) is 4.65. The highest BCUT2D eigenvalue weighted by Gasteiger charge is 2.32. The highest BCUT2D eigenvalue weighted by molar-refractivity contribution is 5.50. The molecule has 2 aliphatic rings. The topological polar surface area (TPSA) is 90.3 Å². The van der Waals surface area contributed by atoms with E-state index in [1.807, 2.05) is 6.07 Å². The van der Waals surface area contributed by atoms with E-state index in [9.17, 15) is 10.2 Å². The van der Waals surface area contributed by atoms with Gasteiger partial charge in [-0.25, -0.2) is 9.97 Å². The smallest absolute Gasteiger partial charge is 0.131 e. The summed E-state index contributed by atoms with van der Waals surface area (Å²) in [5.74, 6) is 1.50. The molecule has 6 heteroatoms. The first-order valence-corrected chi connectivity index (χ1v) is 8.95. The van der Waals surface area contributed by atoms with E-state index >= 15 is 0 Å². The van der Waals surface area contributed by atoms with Crippen molar-refractivity contribution in [2.45, 2.75) is 43.9 Å². The molecular weight excluding hydrogens is 316 g/mol. The Balaban J connectivity index is 1.42. The Bertz CT molecular complexity index is 739. The van der Waals surface area contributed by atoms with Crippen molar-refractivity contribution < 1.29 is 10.2 Å². The number of nitrogens with one attached hydrogen (secondary N) is 2. The van der Waals surface area contributed by atoms with E-state index in [1.165, 1.54) is 11.1 Å². The SMILES string of the molecule is OCC1CC(Nc2cc(NC3CCc4ccccc43)ncn2)CC1O. The van der Waals surface area contributed by atoms with E-state index in [-0.39, 0.29) is 24.6 Å². The minimum atomic E-state index is -0.447. The lowest BCUT2D eigenvalue weighted by Crippen LogP contribution is -2.18. The Hall–Kier alpha value is -2.18. The van der Waals surface area contributed by atoms with Crippen LogP contribution in [0.4, 0.5) is 11.6 Å². The normalized spacial score (nSPS) is 27.9. The second-order valence-electron chi connectivity index (χ2n) is 7.05. The van der Waals surface area contributed by atoms with Crippen molar-refractivity contribution in [3.8, 4) is 0 Å². The fraction of sp³-hybridized carbons (Fsp3) is 0.474. The first kappa shape index (κ1) is 16.3. The molecule has 2 aromatic rings. The van der Waals surface area contributed by atoms with Crippen molar-refractivity contribution in [1.82, 2.24) is 9.97 Å². The van der Waals surface area contributed by atoms with Crippen LogP contribution in [0.1, 0.15) is 36.4 Å². The maximum absolute atomic E-state index is 9.93. The predicted octanol–water partition coefficient (Wildman–Crippen LogP) is 2.12. The Kier molecular flexibility index (Phi) is 4.55. The molecule has 0 bridgehead atoms. The zero-order chi connectivity index (χ0) is 17.2. The van der Waals surface area contributed by atoms with Crippen molar-refractivity contribution >= 4 is 11.6 Å². The lowest BCUT2D eigenvalue weighted by Gasteiger charge is -2.17. The first-order chi connectivity index (χ1) is 12.2. The fourth-order valence-corrected chi connectivity index (χ4v) is 4.03. The molecule has 0 saturated heterocycles. The van der Waals surface area contributed by atoms with Gasteiger partial charge in [0.2, 0.25) is 0 Å². The Labute approximate surface area is 147 Å². The molecule has 1 heterocycles. The van der Waals surface area contributed by atoms with Gasteiger partial charge in [0.25, 0.3) is 0 Å². The van der Waals surface area contributed by atoms with E-state index in [0.717, 1.165) is 30.9 Å². The minimum Gasteiger partial charge on any atom is -0.396 e. The molecule has 25 heavy (non-hydrogen) atoms. The van der Waals surface area contributed by atoms with Gasteiger partial charge in [-0.1, -0.05) is 24.3 Å². The molecular formula is C19H24N4O2. The summed E-state index contributed by atoms with van der Waals surface area (Å²) < 4.78 is 0. The Morgan fingerprint density at radius 1 is 1.08 bits per heavy atom. The highest BCUT2D eigenvalue weighted by atomic mass is 16.3. The van der Waals surface area contributed by atoms with Crippen LogP contribution in [0.2, 0.25) is 0 Å². The Morgan fingerprint density at radius 2 is 1.88 bits per heavy atom. The molecule has 4 unspecified atom stereocenters. The Morgan fingerprint density at radius 3 is 2.68 bits per heavy atom. The number of nitrogens with zero attached hydrogens (tertiary/aromatic N) is 2. The van der Waals surface area contributed by atoms with Crippen molar-refractivity contribution in [2.24, 2.45) is 5.92 Å². The molecule has 2 aliphatic carbocycles. The van der Waals surface area contributed by atoms with Gasteiger partial charge in [-0.05, 0) is 36.8 Å². The summed E-state index contributed by atoms with van der Waals surface area (Å²) in [6, 6.07) is 10.9. The molecule has 0 radical (unpaired) electrons. The van der Waals surface area contributed by atoms with Crippen LogP contribution in [0.15, 0.2) is 36.7 Å². The summed E-state index contributed by atoms with van der Waals surface area (Å²) >= 11 is 0. The zero-order valence-electron chi connectivity index (χ0n) is 14.1. The average molecular weight is 340 g/mol. The third-order valence-corrected chi connectivity index (χ3v) is 5.37. The van der Waals surface area contributed by atoms with Crippen molar-refractivity contribution in [3.63, 3.8) is 0 Å². The van der Waals surface area contributed by atoms with E-state index < -0.39 is 6.10 Å². The van der Waals surface area contributed by atoms with Crippen molar-refractivity contribution in [1.29, 1.82) is 0 Å². The van der Waals surface area contributed by atoms with E-state index in [2.05, 4.69) is 44.9 Å². The maximum Gasteiger partial charge on any atom is 0.131 e. The molecule has 132 valence electrons. The summed E-state index contributed by atoms with van der Waals surface area (Å²) in [5, 5.41) is 26.1. The summed E-state index contributed by atoms with van der Waals surface area (Å²) in [7, 11) is 0. The predicted molar refractivity (Wildman–Crippen MR) is 96.4 cm³/mol. The monoisotopic (exact) mass is 340 g/mol. The number of aromatic nitrogens is 2. The van der Waals surface area contributed by atoms with Crippen molar-refractivity contribution in [3.05, 3.63) is 47.8 Å². The van der Waals surface area contributed by atoms with Gasteiger partial charge in [0.05, 0.1) is 12.1 Å². The van der Waals surface area contributed by atoms with Gasteiger partial charge in [0.15, 0.2) is 0 Å². The van der Waals surface area contributed by atoms with Gasteiger partial charge in [0.1, 0.15) is 18.0 Å². The van der Waals surface area contributed by atoms with Crippen LogP contribution in [0, 0.1) is 5.92 Å². The zero-order valence-corrected chi connectivity index (χ0v) is 14.1. The van der Waals surface area contributed by atoms with Gasteiger partial charge >= 0.3 is 0 Å². The fourth-order valence-electron chi connectivity index (χ4n) is 4.03. The van der Waals surface area contributed by atoms with Crippen LogP contribution in [0.25, 0.3) is 0 Å². The van der Waals surface area contributed by atoms with Gasteiger partial charge in [-0.2, -0.15) is 0 Å². The van der Waals surface area contributed by atoms with Crippen LogP contribution >= 0.6 is 0 Å². The summed E-state index contributed by atoms with van der Waals surface area (Å²) in [4.78, 5) is 8.64. The quantitative estimate of drug-likeness (QED) is 0.667. The van der Waals surface area contributed by atoms with Crippen LogP contribution in [0.5, 0.6) is 0 Å². The third kappa shape index (κ3) is 3.45. The molecule has 1 aromatic carbocycles. The van der Waals surface area contributed by atoms with Crippen LogP contribution in [0.3, 0.4) is 0 Å². The molecule has 0 spiro atoms. The van der Waals surface area contributed by atoms with Crippen LogP contribution in [-0.2, 0) is 6.42 Å². The molecule has 0 aliphatic heterocycles. The number of aliphatic hydroxyl groups excluding tert-OH is 2. The molecule has 1 fully saturated rings. The number of rotatable bonds is 5. The number of aliphatic hydroxyl groups is 2. The van der Waals surface area contributed by atoms with Gasteiger partial charge in [0, 0.05) is 24.6 Å². The second-order valence-corrected chi connectivity index (χ2v) is 7.05. The minimum absolute atomic E-state index is 0.0248. The molecule has 6 nitrogen and oxygen atoms in total. The summed E-state index contributed by atoms with van der Waals surface area (Å²) in [5.41, 5.74) is 2.75. The van der Waals surface area contributed by atoms with E-state index in [0.29, 0.717) is 6.42 Å². The second kappa shape index (κ2) is 6.98. The number of anilines is 2. The van der Waals surface area contributed by atoms with Crippen LogP contribution < -0.4 is 10.6 Å². The number of fused-ring (bicyclic) bond motifs is 1. The average Bonchev–Trinajstić information content (AvgIpc) is 3.19. The number of aryl methyl sites for hydroxylation is 1. The molecule has 1 aromatic heterocycles. The lowest BCUT2D eigenvalue weighted by molar-refractivity contribution is 0.0908. The van der Waals surface area contributed by atoms with Gasteiger partial charge in [-0.3, -0.25) is 0 Å². The number of benzene rings is 1. The van der Waals surface area contributed by atoms with Crippen molar-refractivity contribution in [2.75, 3.05) is 17.2 Å². The molecule has 1 saturated carbocycles. The van der Waals surface area contributed by atoms with Crippen LogP contribution in [-0.4, -0.2) is 38.9 Å². The highest BCUT2D eigenvalue weighted by Crippen LogP contribution is 2.33. The number of hydrogen-bond donors (Lipinski definition) is 4. The van der Waals surface area contributed by atoms with Gasteiger partial charge in [-0.15, -0.1) is 0 Å². The largest absolute Gasteiger partial charge is 0.396 e. The third-order valence-electron chi connectivity index (χ3n) is 5.37. The molecule has 4 N–H and O–H groups in total. The molecule has 4 rings (SSSR count). The van der Waals surface area contributed by atoms with Gasteiger partial charge < -0.3 is 20.8 Å². The van der Waals surface area contributed by atoms with E-state index in [1.54, 1.807) is 6.33 Å². The molecule has 4 atom stereocenters. The standard InChI is InChI=1S/C19H24N4O2/c24-10-13-7-14(8-17(13)25)22-18-9-19(21-11-20-18)23-16-6-5-12-3-1-2-4-15(12)16/h1-4,9,11,13-14,16-17,24-25H,5-8,10H2,(H2,20,21,22,23). The summed E-state index contributed by atoms with van der Waals surface area (Å²) in [6.45, 7) is 0.0248. The lowest BCUT2D eigenvalue weighted by atomic mass is 10.1. The maximum atomic E-state index is 9.93.